The van der Waals surface area contributed by atoms with Gasteiger partial charge in [0, 0.05) is 16.9 Å². The number of nitrogen functional groups attached to an aromatic ring is 1. The minimum absolute atomic E-state index is 0. The van der Waals surface area contributed by atoms with E-state index in [1.54, 1.807) is 31.2 Å². The van der Waals surface area contributed by atoms with E-state index in [9.17, 15) is 9.59 Å². The average molecular weight is 537 g/mol. The number of nitrogens with two attached hydrogens (primary N) is 2. The molecule has 4 rings (SSSR count). The zero-order valence-electron chi connectivity index (χ0n) is 20.3. The fraction of sp³-hybridized carbons (Fsp3) is 0.179. The zero-order chi connectivity index (χ0) is 25.7. The van der Waals surface area contributed by atoms with Crippen molar-refractivity contribution >= 4 is 52.2 Å². The van der Waals surface area contributed by atoms with Gasteiger partial charge in [-0.2, -0.15) is 0 Å². The van der Waals surface area contributed by atoms with Gasteiger partial charge in [0.1, 0.15) is 11.4 Å². The molecule has 1 heterocycles. The lowest BCUT2D eigenvalue weighted by atomic mass is 9.83. The first kappa shape index (κ1) is 27.9. The molecule has 4 aromatic rings. The number of nitrogens with one attached hydrogen (secondary N) is 2. The van der Waals surface area contributed by atoms with Gasteiger partial charge in [-0.3, -0.25) is 10.2 Å². The molecule has 1 atom stereocenters. The van der Waals surface area contributed by atoms with Crippen molar-refractivity contribution < 1.29 is 14.3 Å². The molecule has 0 spiro atoms. The van der Waals surface area contributed by atoms with Crippen molar-refractivity contribution in [1.29, 1.82) is 5.41 Å². The van der Waals surface area contributed by atoms with Crippen LogP contribution in [0.2, 0.25) is 0 Å². The average Bonchev–Trinajstić information content (AvgIpc) is 3.37. The summed E-state index contributed by atoms with van der Waals surface area (Å²) in [5, 5.41) is 12.0. The van der Waals surface area contributed by atoms with Crippen LogP contribution in [0, 0.1) is 5.41 Å². The summed E-state index contributed by atoms with van der Waals surface area (Å²) in [6, 6.07) is 24.1. The van der Waals surface area contributed by atoms with E-state index in [1.807, 2.05) is 54.6 Å². The Bertz CT molecular complexity index is 1420. The molecule has 0 aliphatic carbocycles. The number of hydrogen-bond acceptors (Lipinski definition) is 6. The summed E-state index contributed by atoms with van der Waals surface area (Å²) < 4.78 is 5.35. The maximum atomic E-state index is 13.0. The van der Waals surface area contributed by atoms with Gasteiger partial charge >= 0.3 is 5.97 Å². The Kier molecular flexibility index (Phi) is 9.04. The molecule has 0 radical (unpaired) electrons. The van der Waals surface area contributed by atoms with Crippen molar-refractivity contribution in [3.05, 3.63) is 105 Å². The van der Waals surface area contributed by atoms with Gasteiger partial charge in [0.2, 0.25) is 0 Å². The molecule has 6 N–H and O–H groups in total. The SMILES string of the molecule is CCOC(=O)C(N)(Cc1ccccc1)c1ccc2c(C(=O)NCc3ccc(C(=N)N)s3)cccc2c1.Cl. The monoisotopic (exact) mass is 536 g/mol. The van der Waals surface area contributed by atoms with E-state index in [4.69, 9.17) is 21.6 Å². The standard InChI is InChI=1S/C28H28N4O3S.ClH/c1-2-35-27(34)28(31,16-18-7-4-3-5-8-18)20-11-13-22-19(15-20)9-6-10-23(22)26(33)32-17-21-12-14-24(36-21)25(29)30;/h3-15H,2,16-17,31H2,1H3,(H3,29,30)(H,32,33);1H. The number of rotatable bonds is 9. The van der Waals surface area contributed by atoms with Crippen molar-refractivity contribution in [1.82, 2.24) is 5.32 Å². The van der Waals surface area contributed by atoms with Gasteiger partial charge in [-0.15, -0.1) is 23.7 Å². The second-order valence-corrected chi connectivity index (χ2v) is 9.63. The number of benzene rings is 3. The molecule has 0 saturated carbocycles. The highest BCUT2D eigenvalue weighted by atomic mass is 35.5. The van der Waals surface area contributed by atoms with Gasteiger partial charge in [0.15, 0.2) is 0 Å². The second-order valence-electron chi connectivity index (χ2n) is 8.46. The Balaban J connectivity index is 0.00000380. The Morgan fingerprint density at radius 1 is 1.03 bits per heavy atom. The number of halogens is 1. The van der Waals surface area contributed by atoms with Crippen LogP contribution in [0.3, 0.4) is 0 Å². The first-order chi connectivity index (χ1) is 17.3. The third kappa shape index (κ3) is 6.17. The summed E-state index contributed by atoms with van der Waals surface area (Å²) in [5.41, 5.74) is 12.9. The summed E-state index contributed by atoms with van der Waals surface area (Å²) in [4.78, 5) is 27.6. The molecule has 7 nitrogen and oxygen atoms in total. The summed E-state index contributed by atoms with van der Waals surface area (Å²) >= 11 is 1.37. The molecule has 0 aliphatic heterocycles. The summed E-state index contributed by atoms with van der Waals surface area (Å²) in [5.74, 6) is -0.712. The molecular formula is C28H29ClN4O3S. The number of amides is 1. The van der Waals surface area contributed by atoms with Crippen LogP contribution < -0.4 is 16.8 Å². The van der Waals surface area contributed by atoms with Crippen LogP contribution in [0.5, 0.6) is 0 Å². The third-order valence-electron chi connectivity index (χ3n) is 5.96. The molecule has 1 amide bonds. The maximum Gasteiger partial charge on any atom is 0.331 e. The van der Waals surface area contributed by atoms with Crippen molar-refractivity contribution in [2.24, 2.45) is 11.5 Å². The van der Waals surface area contributed by atoms with Crippen molar-refractivity contribution in [2.45, 2.75) is 25.4 Å². The first-order valence-electron chi connectivity index (χ1n) is 11.6. The molecule has 37 heavy (non-hydrogen) atoms. The Labute approximate surface area is 225 Å². The predicted molar refractivity (Wildman–Crippen MR) is 150 cm³/mol. The minimum atomic E-state index is -1.38. The number of ether oxygens (including phenoxy) is 1. The van der Waals surface area contributed by atoms with Crippen LogP contribution in [0.1, 0.15) is 38.2 Å². The van der Waals surface area contributed by atoms with Crippen LogP contribution in [0.15, 0.2) is 78.9 Å². The molecule has 0 saturated heterocycles. The van der Waals surface area contributed by atoms with Crippen molar-refractivity contribution in [3.63, 3.8) is 0 Å². The largest absolute Gasteiger partial charge is 0.464 e. The number of carbonyl (C=O) groups is 2. The van der Waals surface area contributed by atoms with Gasteiger partial charge in [-0.25, -0.2) is 4.79 Å². The van der Waals surface area contributed by atoms with Crippen molar-refractivity contribution in [3.8, 4) is 0 Å². The molecule has 0 fully saturated rings. The smallest absolute Gasteiger partial charge is 0.331 e. The Morgan fingerprint density at radius 2 is 1.78 bits per heavy atom. The zero-order valence-corrected chi connectivity index (χ0v) is 22.0. The quantitative estimate of drug-likeness (QED) is 0.142. The second kappa shape index (κ2) is 12.0. The van der Waals surface area contributed by atoms with Crippen LogP contribution in [-0.2, 0) is 28.0 Å². The molecule has 192 valence electrons. The van der Waals surface area contributed by atoms with Crippen LogP contribution in [-0.4, -0.2) is 24.3 Å². The van der Waals surface area contributed by atoms with Gasteiger partial charge in [-0.1, -0.05) is 54.6 Å². The lowest BCUT2D eigenvalue weighted by Gasteiger charge is -2.28. The molecular weight excluding hydrogens is 508 g/mol. The topological polar surface area (TPSA) is 131 Å². The number of carbonyl (C=O) groups excluding carboxylic acids is 2. The van der Waals surface area contributed by atoms with E-state index in [-0.39, 0.29) is 37.2 Å². The van der Waals surface area contributed by atoms with Gasteiger partial charge in [0.25, 0.3) is 5.91 Å². The van der Waals surface area contributed by atoms with Gasteiger partial charge in [-0.05, 0) is 53.1 Å². The lowest BCUT2D eigenvalue weighted by Crippen LogP contribution is -2.48. The molecule has 1 unspecified atom stereocenters. The van der Waals surface area contributed by atoms with Gasteiger partial charge in [0.05, 0.1) is 18.0 Å². The van der Waals surface area contributed by atoms with Crippen LogP contribution >= 0.6 is 23.7 Å². The normalized spacial score (nSPS) is 12.3. The summed E-state index contributed by atoms with van der Waals surface area (Å²) in [7, 11) is 0. The van der Waals surface area contributed by atoms with E-state index in [2.05, 4.69) is 5.32 Å². The Hall–Kier alpha value is -3.72. The molecule has 0 bridgehead atoms. The molecule has 9 heteroatoms. The van der Waals surface area contributed by atoms with Crippen LogP contribution in [0.25, 0.3) is 10.8 Å². The Morgan fingerprint density at radius 3 is 2.46 bits per heavy atom. The molecule has 0 aliphatic rings. The summed E-state index contributed by atoms with van der Waals surface area (Å²) in [6.07, 6.45) is 0.279. The predicted octanol–water partition coefficient (Wildman–Crippen LogP) is 4.50. The minimum Gasteiger partial charge on any atom is -0.464 e. The lowest BCUT2D eigenvalue weighted by molar-refractivity contribution is -0.150. The van der Waals surface area contributed by atoms with E-state index in [0.717, 1.165) is 21.2 Å². The number of fused-ring (bicyclic) bond motifs is 1. The van der Waals surface area contributed by atoms with Crippen molar-refractivity contribution in [2.75, 3.05) is 6.61 Å². The number of thiophene rings is 1. The number of amidine groups is 1. The first-order valence-corrected chi connectivity index (χ1v) is 12.4. The fourth-order valence-electron chi connectivity index (χ4n) is 4.11. The van der Waals surface area contributed by atoms with E-state index in [0.29, 0.717) is 22.5 Å². The number of esters is 1. The highest BCUT2D eigenvalue weighted by molar-refractivity contribution is 7.14. The maximum absolute atomic E-state index is 13.0. The highest BCUT2D eigenvalue weighted by Gasteiger charge is 2.38. The van der Waals surface area contributed by atoms with E-state index in [1.165, 1.54) is 11.3 Å². The highest BCUT2D eigenvalue weighted by Crippen LogP contribution is 2.30. The third-order valence-corrected chi connectivity index (χ3v) is 7.07. The van der Waals surface area contributed by atoms with Gasteiger partial charge < -0.3 is 21.5 Å². The molecule has 1 aromatic heterocycles. The fourth-order valence-corrected chi connectivity index (χ4v) is 4.92. The number of hydrogen-bond donors (Lipinski definition) is 4. The molecule has 3 aromatic carbocycles. The van der Waals surface area contributed by atoms with E-state index >= 15 is 0 Å². The summed E-state index contributed by atoms with van der Waals surface area (Å²) in [6.45, 7) is 2.31. The van der Waals surface area contributed by atoms with Crippen LogP contribution in [0.4, 0.5) is 0 Å². The van der Waals surface area contributed by atoms with E-state index < -0.39 is 11.5 Å².